The molecule has 0 unspecified atom stereocenters. The van der Waals surface area contributed by atoms with Crippen molar-refractivity contribution in [3.63, 3.8) is 0 Å². The van der Waals surface area contributed by atoms with E-state index in [1.807, 2.05) is 55.5 Å². The minimum Gasteiger partial charge on any atom is -0.455 e. The van der Waals surface area contributed by atoms with E-state index in [0.717, 1.165) is 54.0 Å². The monoisotopic (exact) mass is 446 g/mol. The molecule has 0 aliphatic heterocycles. The molecule has 1 aliphatic rings. The minimum absolute atomic E-state index is 0.193. The van der Waals surface area contributed by atoms with Crippen molar-refractivity contribution >= 4 is 34.6 Å². The first-order valence-corrected chi connectivity index (χ1v) is 11.2. The Hall–Kier alpha value is -3.45. The van der Waals surface area contributed by atoms with Crippen molar-refractivity contribution in [1.82, 2.24) is 10.7 Å². The fraction of sp³-hybridized carbons (Fsp3) is 0.240. The van der Waals surface area contributed by atoms with E-state index in [0.29, 0.717) is 17.4 Å². The maximum absolute atomic E-state index is 12.8. The number of carbonyl (C=O) groups excluding carboxylic acids is 1. The van der Waals surface area contributed by atoms with Crippen LogP contribution in [0.15, 0.2) is 70.2 Å². The third-order valence-corrected chi connectivity index (χ3v) is 5.59. The Balaban J connectivity index is 1.42. The molecule has 3 N–H and O–H groups in total. The zero-order valence-corrected chi connectivity index (χ0v) is 18.8. The maximum atomic E-state index is 12.8. The molecule has 3 aromatic rings. The molecular weight excluding hydrogens is 420 g/mol. The molecule has 4 rings (SSSR count). The van der Waals surface area contributed by atoms with Crippen LogP contribution in [0.1, 0.15) is 45.8 Å². The summed E-state index contributed by atoms with van der Waals surface area (Å²) >= 11 is 5.35. The number of hydrogen-bond donors (Lipinski definition) is 3. The molecular formula is C25H26N4O2S. The molecule has 0 bridgehead atoms. The van der Waals surface area contributed by atoms with Crippen molar-refractivity contribution in [2.75, 3.05) is 11.9 Å². The van der Waals surface area contributed by atoms with Gasteiger partial charge >= 0.3 is 0 Å². The summed E-state index contributed by atoms with van der Waals surface area (Å²) in [6, 6.07) is 19.8. The van der Waals surface area contributed by atoms with E-state index in [4.69, 9.17) is 16.6 Å². The molecule has 0 fully saturated rings. The maximum Gasteiger partial charge on any atom is 0.287 e. The number of hydrogen-bond acceptors (Lipinski definition) is 4. The topological polar surface area (TPSA) is 78.7 Å². The van der Waals surface area contributed by atoms with Gasteiger partial charge in [0.05, 0.1) is 5.71 Å². The van der Waals surface area contributed by atoms with Gasteiger partial charge in [-0.25, -0.2) is 0 Å². The summed E-state index contributed by atoms with van der Waals surface area (Å²) in [4.78, 5) is 12.8. The number of carbonyl (C=O) groups is 1. The first kappa shape index (κ1) is 21.8. The second-order valence-electron chi connectivity index (χ2n) is 7.69. The van der Waals surface area contributed by atoms with Crippen LogP contribution in [0, 0.1) is 6.92 Å². The van der Waals surface area contributed by atoms with Gasteiger partial charge in [0.25, 0.3) is 5.91 Å². The fourth-order valence-electron chi connectivity index (χ4n) is 3.84. The molecule has 1 aliphatic carbocycles. The van der Waals surface area contributed by atoms with Gasteiger partial charge in [-0.3, -0.25) is 10.2 Å². The number of thiocarbonyl (C=S) groups is 1. The summed E-state index contributed by atoms with van der Waals surface area (Å²) in [6.45, 7) is 2.46. The van der Waals surface area contributed by atoms with Crippen LogP contribution in [0.4, 0.5) is 5.69 Å². The van der Waals surface area contributed by atoms with E-state index < -0.39 is 0 Å². The molecule has 164 valence electrons. The zero-order valence-electron chi connectivity index (χ0n) is 18.0. The summed E-state index contributed by atoms with van der Waals surface area (Å²) in [5.74, 6) is 0.980. The molecule has 0 spiro atoms. The number of furan rings is 1. The van der Waals surface area contributed by atoms with Crippen molar-refractivity contribution in [2.24, 2.45) is 5.10 Å². The van der Waals surface area contributed by atoms with Crippen LogP contribution in [0.5, 0.6) is 0 Å². The lowest BCUT2D eigenvalue weighted by Crippen LogP contribution is -2.27. The summed E-state index contributed by atoms with van der Waals surface area (Å²) < 4.78 is 5.97. The Kier molecular flexibility index (Phi) is 6.97. The van der Waals surface area contributed by atoms with Gasteiger partial charge in [0.15, 0.2) is 10.9 Å². The first-order chi connectivity index (χ1) is 15.6. The van der Waals surface area contributed by atoms with Crippen LogP contribution < -0.4 is 16.1 Å². The second-order valence-corrected chi connectivity index (χ2v) is 8.10. The van der Waals surface area contributed by atoms with Gasteiger partial charge in [-0.15, -0.1) is 0 Å². The molecule has 1 heterocycles. The lowest BCUT2D eigenvalue weighted by Gasteiger charge is -2.14. The molecule has 0 saturated heterocycles. The number of amides is 1. The lowest BCUT2D eigenvalue weighted by atomic mass is 9.93. The van der Waals surface area contributed by atoms with Crippen molar-refractivity contribution in [2.45, 2.75) is 32.6 Å². The highest BCUT2D eigenvalue weighted by atomic mass is 32.1. The average Bonchev–Trinajstić information content (AvgIpc) is 3.16. The molecule has 1 aromatic heterocycles. The highest BCUT2D eigenvalue weighted by Gasteiger charge is 2.27. The van der Waals surface area contributed by atoms with E-state index >= 15 is 0 Å². The van der Waals surface area contributed by atoms with Crippen LogP contribution in [-0.2, 0) is 12.8 Å². The van der Waals surface area contributed by atoms with Gasteiger partial charge < -0.3 is 15.1 Å². The lowest BCUT2D eigenvalue weighted by molar-refractivity contribution is 0.0923. The van der Waals surface area contributed by atoms with Crippen molar-refractivity contribution < 1.29 is 9.21 Å². The van der Waals surface area contributed by atoms with E-state index in [9.17, 15) is 4.79 Å². The number of nitrogens with one attached hydrogen (secondary N) is 3. The fourth-order valence-corrected chi connectivity index (χ4v) is 4.00. The molecule has 0 saturated carbocycles. The largest absolute Gasteiger partial charge is 0.455 e. The smallest absolute Gasteiger partial charge is 0.287 e. The molecule has 0 atom stereocenters. The molecule has 2 aromatic carbocycles. The number of benzene rings is 2. The van der Waals surface area contributed by atoms with Crippen LogP contribution in [0.25, 0.3) is 0 Å². The Bertz CT molecular complexity index is 1120. The van der Waals surface area contributed by atoms with Crippen LogP contribution in [0.2, 0.25) is 0 Å². The minimum atomic E-state index is -0.193. The first-order valence-electron chi connectivity index (χ1n) is 10.7. The Labute approximate surface area is 193 Å². The molecule has 32 heavy (non-hydrogen) atoms. The van der Waals surface area contributed by atoms with Gasteiger partial charge in [0, 0.05) is 29.8 Å². The predicted octanol–water partition coefficient (Wildman–Crippen LogP) is 4.59. The average molecular weight is 447 g/mol. The summed E-state index contributed by atoms with van der Waals surface area (Å²) in [6.07, 6.45) is 3.27. The number of aryl methyl sites for hydroxylation is 1. The molecule has 6 nitrogen and oxygen atoms in total. The number of fused-ring (bicyclic) bond motifs is 1. The zero-order chi connectivity index (χ0) is 22.3. The van der Waals surface area contributed by atoms with E-state index in [-0.39, 0.29) is 5.91 Å². The normalized spacial score (nSPS) is 14.0. The third-order valence-electron chi connectivity index (χ3n) is 5.40. The summed E-state index contributed by atoms with van der Waals surface area (Å²) in [7, 11) is 0. The standard InChI is InChI=1S/C25H26N4O2S/c1-17-22-20(28-29-25(32)27-19-11-6-3-7-12-19)13-8-14-21(22)31-23(17)24(30)26-16-15-18-9-4-2-5-10-18/h2-7,9-12H,8,13-16H2,1H3,(H,26,30)(H2,27,29,32)/b28-20+. The quantitative estimate of drug-likeness (QED) is 0.381. The number of nitrogens with zero attached hydrogens (tertiary/aromatic N) is 1. The van der Waals surface area contributed by atoms with E-state index in [1.165, 1.54) is 5.56 Å². The van der Waals surface area contributed by atoms with Crippen LogP contribution in [0.3, 0.4) is 0 Å². The SMILES string of the molecule is Cc1c(C(=O)NCCc2ccccc2)oc2c1/C(=N/NC(=S)Nc1ccccc1)CCC2. The van der Waals surface area contributed by atoms with Crippen LogP contribution >= 0.6 is 12.2 Å². The Morgan fingerprint density at radius 1 is 1.06 bits per heavy atom. The van der Waals surface area contributed by atoms with Gasteiger partial charge in [-0.1, -0.05) is 48.5 Å². The van der Waals surface area contributed by atoms with Crippen molar-refractivity contribution in [3.8, 4) is 0 Å². The van der Waals surface area contributed by atoms with Crippen LogP contribution in [-0.4, -0.2) is 23.3 Å². The summed E-state index contributed by atoms with van der Waals surface area (Å²) in [5.41, 5.74) is 7.59. The van der Waals surface area contributed by atoms with Gasteiger partial charge in [-0.2, -0.15) is 5.10 Å². The Morgan fingerprint density at radius 2 is 1.78 bits per heavy atom. The number of hydrazone groups is 1. The molecule has 1 amide bonds. The second kappa shape index (κ2) is 10.2. The summed E-state index contributed by atoms with van der Waals surface area (Å²) in [5, 5.41) is 11.0. The van der Waals surface area contributed by atoms with Gasteiger partial charge in [0.1, 0.15) is 5.76 Å². The third kappa shape index (κ3) is 5.23. The molecule has 0 radical (unpaired) electrons. The van der Waals surface area contributed by atoms with Gasteiger partial charge in [-0.05, 0) is 56.1 Å². The van der Waals surface area contributed by atoms with E-state index in [1.54, 1.807) is 0 Å². The number of rotatable bonds is 6. The predicted molar refractivity (Wildman–Crippen MR) is 131 cm³/mol. The molecule has 7 heteroatoms. The van der Waals surface area contributed by atoms with Crippen molar-refractivity contribution in [3.05, 3.63) is 88.9 Å². The van der Waals surface area contributed by atoms with E-state index in [2.05, 4.69) is 33.3 Å². The highest BCUT2D eigenvalue weighted by molar-refractivity contribution is 7.80. The number of anilines is 1. The van der Waals surface area contributed by atoms with Gasteiger partial charge in [0.2, 0.25) is 0 Å². The number of para-hydroxylation sites is 1. The van der Waals surface area contributed by atoms with Crippen molar-refractivity contribution in [1.29, 1.82) is 0 Å². The Morgan fingerprint density at radius 3 is 2.53 bits per heavy atom. The highest BCUT2D eigenvalue weighted by Crippen LogP contribution is 2.29.